The van der Waals surface area contributed by atoms with Crippen LogP contribution in [0.1, 0.15) is 6.42 Å². The van der Waals surface area contributed by atoms with Crippen LogP contribution >= 0.6 is 0 Å². The van der Waals surface area contributed by atoms with Crippen molar-refractivity contribution >= 4 is 16.1 Å². The molecule has 0 aromatic rings. The first kappa shape index (κ1) is 8.36. The third kappa shape index (κ3) is 3.90. The van der Waals surface area contributed by atoms with Crippen molar-refractivity contribution in [3.63, 3.8) is 0 Å². The van der Waals surface area contributed by atoms with Crippen LogP contribution in [0.25, 0.3) is 0 Å². The van der Waals surface area contributed by atoms with Crippen LogP contribution in [-0.4, -0.2) is 20.5 Å². The van der Waals surface area contributed by atoms with Gasteiger partial charge in [-0.25, -0.2) is 8.42 Å². The van der Waals surface area contributed by atoms with Gasteiger partial charge >= 0.3 is 0 Å². The second-order valence-electron chi connectivity index (χ2n) is 1.49. The van der Waals surface area contributed by atoms with E-state index in [1.165, 1.54) is 0 Å². The zero-order valence-electron chi connectivity index (χ0n) is 4.91. The highest BCUT2D eigenvalue weighted by Gasteiger charge is 2.01. The van der Waals surface area contributed by atoms with Gasteiger partial charge in [0.05, 0.1) is 5.75 Å². The smallest absolute Gasteiger partial charge is 0.171 e. The van der Waals surface area contributed by atoms with Crippen molar-refractivity contribution in [1.29, 1.82) is 0 Å². The molecule has 0 heterocycles. The Morgan fingerprint density at radius 3 is 2.33 bits per heavy atom. The third-order valence-electron chi connectivity index (χ3n) is 0.774. The Kier molecular flexibility index (Phi) is 3.16. The zero-order chi connectivity index (χ0) is 7.33. The fraction of sp³-hybridized carbons (Fsp3) is 0.400. The van der Waals surface area contributed by atoms with Gasteiger partial charge in [-0.3, -0.25) is 0 Å². The van der Waals surface area contributed by atoms with Crippen LogP contribution in [-0.2, 0) is 14.6 Å². The van der Waals surface area contributed by atoms with Crippen molar-refractivity contribution in [2.45, 2.75) is 6.42 Å². The molecule has 0 aromatic heterocycles. The molecular formula is C5H8O3S. The van der Waals surface area contributed by atoms with Gasteiger partial charge in [0.1, 0.15) is 6.29 Å². The molecule has 9 heavy (non-hydrogen) atoms. The number of rotatable bonds is 4. The van der Waals surface area contributed by atoms with Gasteiger partial charge in [0.25, 0.3) is 0 Å². The maximum atomic E-state index is 10.5. The van der Waals surface area contributed by atoms with Crippen LogP contribution in [0.2, 0.25) is 0 Å². The molecule has 0 saturated heterocycles. The molecular weight excluding hydrogens is 140 g/mol. The predicted octanol–water partition coefficient (Wildman–Crippen LogP) is 0.134. The number of hydrogen-bond donors (Lipinski definition) is 0. The minimum atomic E-state index is -3.15. The second kappa shape index (κ2) is 3.40. The van der Waals surface area contributed by atoms with Gasteiger partial charge in [-0.15, -0.1) is 0 Å². The molecule has 0 spiro atoms. The fourth-order valence-electron chi connectivity index (χ4n) is 0.296. The minimum absolute atomic E-state index is 0.0500. The zero-order valence-corrected chi connectivity index (χ0v) is 5.73. The highest BCUT2D eigenvalue weighted by atomic mass is 32.2. The van der Waals surface area contributed by atoms with Gasteiger partial charge in [-0.1, -0.05) is 6.58 Å². The molecule has 0 aliphatic rings. The first-order valence-electron chi connectivity index (χ1n) is 2.41. The first-order valence-corrected chi connectivity index (χ1v) is 4.13. The number of sulfone groups is 1. The van der Waals surface area contributed by atoms with Crippen molar-refractivity contribution < 1.29 is 13.2 Å². The summed E-state index contributed by atoms with van der Waals surface area (Å²) in [7, 11) is -3.15. The third-order valence-corrected chi connectivity index (χ3v) is 2.09. The summed E-state index contributed by atoms with van der Waals surface area (Å²) >= 11 is 0. The molecule has 0 aliphatic carbocycles. The van der Waals surface area contributed by atoms with Crippen LogP contribution in [0, 0.1) is 0 Å². The number of hydrogen-bond acceptors (Lipinski definition) is 3. The summed E-state index contributed by atoms with van der Waals surface area (Å²) in [5.41, 5.74) is 0. The average molecular weight is 148 g/mol. The molecule has 0 N–H and O–H groups in total. The van der Waals surface area contributed by atoms with E-state index >= 15 is 0 Å². The molecule has 0 fully saturated rings. The molecule has 0 rings (SSSR count). The van der Waals surface area contributed by atoms with Crippen molar-refractivity contribution in [3.05, 3.63) is 12.0 Å². The van der Waals surface area contributed by atoms with Crippen LogP contribution in [0.4, 0.5) is 0 Å². The lowest BCUT2D eigenvalue weighted by molar-refractivity contribution is -0.107. The van der Waals surface area contributed by atoms with Gasteiger partial charge < -0.3 is 4.79 Å². The first-order chi connectivity index (χ1) is 4.12. The van der Waals surface area contributed by atoms with E-state index in [4.69, 9.17) is 0 Å². The standard InChI is InChI=1S/C5H8O3S/c1-2-9(7,8)5-3-4-6/h2,4H,1,3,5H2. The largest absolute Gasteiger partial charge is 0.303 e. The number of aldehydes is 1. The molecule has 4 heteroatoms. The highest BCUT2D eigenvalue weighted by Crippen LogP contribution is 1.90. The summed E-state index contributed by atoms with van der Waals surface area (Å²) in [6.45, 7) is 3.08. The SMILES string of the molecule is C=CS(=O)(=O)CCC=O. The molecule has 0 radical (unpaired) electrons. The quantitative estimate of drug-likeness (QED) is 0.532. The number of carbonyl (C=O) groups excluding carboxylic acids is 1. The molecule has 0 bridgehead atoms. The molecule has 0 amide bonds. The van der Waals surface area contributed by atoms with E-state index in [-0.39, 0.29) is 12.2 Å². The summed E-state index contributed by atoms with van der Waals surface area (Å²) in [5.74, 6) is -0.125. The van der Waals surface area contributed by atoms with E-state index in [1.807, 2.05) is 0 Å². The highest BCUT2D eigenvalue weighted by molar-refractivity contribution is 7.94. The second-order valence-corrected chi connectivity index (χ2v) is 3.56. The van der Waals surface area contributed by atoms with E-state index < -0.39 is 9.84 Å². The van der Waals surface area contributed by atoms with Crippen molar-refractivity contribution in [2.24, 2.45) is 0 Å². The minimum Gasteiger partial charge on any atom is -0.303 e. The Bertz CT molecular complexity index is 190. The Morgan fingerprint density at radius 2 is 2.00 bits per heavy atom. The lowest BCUT2D eigenvalue weighted by atomic mass is 10.6. The lowest BCUT2D eigenvalue weighted by Gasteiger charge is -1.89. The van der Waals surface area contributed by atoms with Gasteiger partial charge in [-0.05, 0) is 0 Å². The van der Waals surface area contributed by atoms with Gasteiger partial charge in [0.2, 0.25) is 0 Å². The van der Waals surface area contributed by atoms with E-state index in [0.717, 1.165) is 5.41 Å². The van der Waals surface area contributed by atoms with Crippen molar-refractivity contribution in [1.82, 2.24) is 0 Å². The molecule has 3 nitrogen and oxygen atoms in total. The van der Waals surface area contributed by atoms with Crippen LogP contribution in [0.15, 0.2) is 12.0 Å². The van der Waals surface area contributed by atoms with Crippen LogP contribution in [0.5, 0.6) is 0 Å². The topological polar surface area (TPSA) is 51.2 Å². The van der Waals surface area contributed by atoms with E-state index in [2.05, 4.69) is 6.58 Å². The Hall–Kier alpha value is -0.640. The summed E-state index contributed by atoms with van der Waals surface area (Å²) in [5, 5.41) is 0.858. The maximum absolute atomic E-state index is 10.5. The van der Waals surface area contributed by atoms with Gasteiger partial charge in [0.15, 0.2) is 9.84 Å². The van der Waals surface area contributed by atoms with E-state index in [9.17, 15) is 13.2 Å². The average Bonchev–Trinajstić information content (AvgIpc) is 1.84. The molecule has 0 aromatic carbocycles. The van der Waals surface area contributed by atoms with Crippen LogP contribution in [0.3, 0.4) is 0 Å². The Labute approximate surface area is 54.3 Å². The van der Waals surface area contributed by atoms with Gasteiger partial charge in [0, 0.05) is 11.8 Å². The van der Waals surface area contributed by atoms with Gasteiger partial charge in [-0.2, -0.15) is 0 Å². The normalized spacial score (nSPS) is 10.7. The maximum Gasteiger partial charge on any atom is 0.171 e. The Balaban J connectivity index is 3.89. The predicted molar refractivity (Wildman–Crippen MR) is 34.7 cm³/mol. The molecule has 0 unspecified atom stereocenters. The summed E-state index contributed by atoms with van der Waals surface area (Å²) < 4.78 is 21.0. The molecule has 0 saturated carbocycles. The number of carbonyl (C=O) groups is 1. The summed E-state index contributed by atoms with van der Waals surface area (Å²) in [4.78, 5) is 9.67. The monoisotopic (exact) mass is 148 g/mol. The van der Waals surface area contributed by atoms with E-state index in [1.54, 1.807) is 0 Å². The summed E-state index contributed by atoms with van der Waals surface area (Å²) in [6, 6.07) is 0. The fourth-order valence-corrected chi connectivity index (χ4v) is 0.887. The Morgan fingerprint density at radius 1 is 1.44 bits per heavy atom. The lowest BCUT2D eigenvalue weighted by Crippen LogP contribution is -2.01. The van der Waals surface area contributed by atoms with Crippen LogP contribution < -0.4 is 0 Å². The molecule has 0 aliphatic heterocycles. The van der Waals surface area contributed by atoms with Crippen molar-refractivity contribution in [2.75, 3.05) is 5.75 Å². The molecule has 52 valence electrons. The molecule has 0 atom stereocenters. The van der Waals surface area contributed by atoms with Crippen molar-refractivity contribution in [3.8, 4) is 0 Å². The summed E-state index contributed by atoms with van der Waals surface area (Å²) in [6.07, 6.45) is 0.620. The van der Waals surface area contributed by atoms with E-state index in [0.29, 0.717) is 6.29 Å².